The van der Waals surface area contributed by atoms with Crippen LogP contribution in [0.1, 0.15) is 54.2 Å². The number of thioether (sulfide) groups is 1. The minimum atomic E-state index is 0.493. The molecule has 0 aliphatic heterocycles. The first-order valence-electron chi connectivity index (χ1n) is 7.06. The predicted molar refractivity (Wildman–Crippen MR) is 82.8 cm³/mol. The molecule has 1 aromatic heterocycles. The van der Waals surface area contributed by atoms with Crippen molar-refractivity contribution in [3.8, 4) is 0 Å². The molecule has 1 aliphatic carbocycles. The highest BCUT2D eigenvalue weighted by Crippen LogP contribution is 2.32. The average molecular weight is 284 g/mol. The summed E-state index contributed by atoms with van der Waals surface area (Å²) in [5.74, 6) is 1.26. The van der Waals surface area contributed by atoms with E-state index in [1.165, 1.54) is 55.0 Å². The molecule has 0 aromatic carbocycles. The molecule has 102 valence electrons. The van der Waals surface area contributed by atoms with Crippen molar-refractivity contribution in [3.05, 3.63) is 15.6 Å². The van der Waals surface area contributed by atoms with E-state index in [0.717, 1.165) is 6.54 Å². The molecule has 2 nitrogen and oxygen atoms in total. The largest absolute Gasteiger partial charge is 0.308 e. The van der Waals surface area contributed by atoms with Gasteiger partial charge in [-0.2, -0.15) is 11.8 Å². The molecule has 0 radical (unpaired) electrons. The van der Waals surface area contributed by atoms with E-state index in [2.05, 4.69) is 18.5 Å². The summed E-state index contributed by atoms with van der Waals surface area (Å²) in [6, 6.07) is 0.493. The third-order valence-corrected chi connectivity index (χ3v) is 5.36. The highest BCUT2D eigenvalue weighted by atomic mass is 32.2. The topological polar surface area (TPSA) is 24.9 Å². The van der Waals surface area contributed by atoms with Gasteiger partial charge < -0.3 is 5.32 Å². The second-order valence-corrected chi connectivity index (χ2v) is 7.02. The van der Waals surface area contributed by atoms with Gasteiger partial charge in [-0.25, -0.2) is 4.98 Å². The first kappa shape index (κ1) is 14.4. The van der Waals surface area contributed by atoms with Crippen LogP contribution in [-0.2, 0) is 12.8 Å². The normalized spacial score (nSPS) is 15.9. The van der Waals surface area contributed by atoms with Crippen LogP contribution in [-0.4, -0.2) is 23.5 Å². The van der Waals surface area contributed by atoms with Gasteiger partial charge in [-0.15, -0.1) is 11.3 Å². The van der Waals surface area contributed by atoms with E-state index in [4.69, 9.17) is 4.98 Å². The molecular formula is C14H24N2S2. The van der Waals surface area contributed by atoms with Gasteiger partial charge in [-0.1, -0.05) is 6.92 Å². The van der Waals surface area contributed by atoms with Crippen molar-refractivity contribution in [2.75, 3.05) is 18.6 Å². The van der Waals surface area contributed by atoms with Crippen molar-refractivity contribution in [2.24, 2.45) is 0 Å². The molecule has 0 bridgehead atoms. The van der Waals surface area contributed by atoms with E-state index < -0.39 is 0 Å². The Balaban J connectivity index is 1.97. The first-order valence-corrected chi connectivity index (χ1v) is 9.27. The molecule has 1 atom stereocenters. The summed E-state index contributed by atoms with van der Waals surface area (Å²) in [6.45, 7) is 3.34. The monoisotopic (exact) mass is 284 g/mol. The number of rotatable bonds is 8. The third-order valence-electron chi connectivity index (χ3n) is 3.39. The Morgan fingerprint density at radius 2 is 2.33 bits per heavy atom. The predicted octanol–water partition coefficient (Wildman–Crippen LogP) is 3.82. The lowest BCUT2D eigenvalue weighted by Crippen LogP contribution is -2.22. The van der Waals surface area contributed by atoms with E-state index in [1.807, 2.05) is 23.1 Å². The number of aromatic nitrogens is 1. The zero-order valence-corrected chi connectivity index (χ0v) is 13.1. The summed E-state index contributed by atoms with van der Waals surface area (Å²) in [4.78, 5) is 6.43. The Morgan fingerprint density at radius 3 is 3.06 bits per heavy atom. The average Bonchev–Trinajstić information content (AvgIpc) is 2.94. The number of nitrogens with zero attached hydrogens (tertiary/aromatic N) is 1. The van der Waals surface area contributed by atoms with E-state index >= 15 is 0 Å². The van der Waals surface area contributed by atoms with E-state index in [1.54, 1.807) is 4.88 Å². The fourth-order valence-electron chi connectivity index (χ4n) is 2.42. The van der Waals surface area contributed by atoms with Crippen molar-refractivity contribution in [3.63, 3.8) is 0 Å². The summed E-state index contributed by atoms with van der Waals surface area (Å²) in [6.07, 6.45) is 9.68. The van der Waals surface area contributed by atoms with E-state index in [-0.39, 0.29) is 0 Å². The number of hydrogen-bond donors (Lipinski definition) is 1. The van der Waals surface area contributed by atoms with Crippen molar-refractivity contribution in [1.29, 1.82) is 0 Å². The van der Waals surface area contributed by atoms with Crippen LogP contribution >= 0.6 is 23.1 Å². The van der Waals surface area contributed by atoms with Gasteiger partial charge in [0.15, 0.2) is 0 Å². The molecule has 0 fully saturated rings. The van der Waals surface area contributed by atoms with Crippen LogP contribution in [0.2, 0.25) is 0 Å². The summed E-state index contributed by atoms with van der Waals surface area (Å²) in [5.41, 5.74) is 1.39. The fraction of sp³-hybridized carbons (Fsp3) is 0.786. The van der Waals surface area contributed by atoms with Crippen LogP contribution in [0.5, 0.6) is 0 Å². The molecular weight excluding hydrogens is 260 g/mol. The number of nitrogens with one attached hydrogen (secondary N) is 1. The van der Waals surface area contributed by atoms with Gasteiger partial charge in [0.05, 0.1) is 11.7 Å². The van der Waals surface area contributed by atoms with Gasteiger partial charge >= 0.3 is 0 Å². The summed E-state index contributed by atoms with van der Waals surface area (Å²) < 4.78 is 0. The highest BCUT2D eigenvalue weighted by molar-refractivity contribution is 7.98. The van der Waals surface area contributed by atoms with Crippen LogP contribution < -0.4 is 5.32 Å². The lowest BCUT2D eigenvalue weighted by molar-refractivity contribution is 0.492. The minimum Gasteiger partial charge on any atom is -0.308 e. The maximum absolute atomic E-state index is 4.87. The van der Waals surface area contributed by atoms with Crippen LogP contribution in [0.25, 0.3) is 0 Å². The number of hydrogen-bond acceptors (Lipinski definition) is 4. The Labute approximate surface area is 119 Å². The van der Waals surface area contributed by atoms with Crippen LogP contribution in [0.4, 0.5) is 0 Å². The Kier molecular flexibility index (Phi) is 5.99. The van der Waals surface area contributed by atoms with Crippen molar-refractivity contribution in [1.82, 2.24) is 10.3 Å². The minimum absolute atomic E-state index is 0.493. The lowest BCUT2D eigenvalue weighted by atomic mass is 10.1. The molecule has 0 amide bonds. The Hall–Kier alpha value is -0.0600. The van der Waals surface area contributed by atoms with Crippen LogP contribution in [0.15, 0.2) is 0 Å². The first-order chi connectivity index (χ1) is 8.85. The molecule has 1 N–H and O–H groups in total. The smallest absolute Gasteiger partial charge is 0.110 e. The lowest BCUT2D eigenvalue weighted by Gasteiger charge is -2.15. The quantitative estimate of drug-likeness (QED) is 0.735. The van der Waals surface area contributed by atoms with Crippen molar-refractivity contribution >= 4 is 23.1 Å². The molecule has 1 unspecified atom stereocenters. The number of fused-ring (bicyclic) bond motifs is 1. The van der Waals surface area contributed by atoms with Gasteiger partial charge in [-0.05, 0) is 57.1 Å². The van der Waals surface area contributed by atoms with E-state index in [9.17, 15) is 0 Å². The maximum Gasteiger partial charge on any atom is 0.110 e. The Bertz CT molecular complexity index is 341. The standard InChI is InChI=1S/C14H24N2S2/c1-3-9-15-12(7-5-10-17-2)14-16-11-6-4-8-13(11)18-14/h12,15H,3-10H2,1-2H3. The second kappa shape index (κ2) is 7.51. The summed E-state index contributed by atoms with van der Waals surface area (Å²) in [5, 5.41) is 5.01. The molecule has 0 spiro atoms. The number of aryl methyl sites for hydroxylation is 2. The van der Waals surface area contributed by atoms with Gasteiger partial charge in [0.25, 0.3) is 0 Å². The molecule has 2 rings (SSSR count). The molecule has 4 heteroatoms. The Morgan fingerprint density at radius 1 is 1.44 bits per heavy atom. The zero-order valence-electron chi connectivity index (χ0n) is 11.5. The molecule has 18 heavy (non-hydrogen) atoms. The van der Waals surface area contributed by atoms with E-state index in [0.29, 0.717) is 6.04 Å². The van der Waals surface area contributed by atoms with Gasteiger partial charge in [0.1, 0.15) is 5.01 Å². The van der Waals surface area contributed by atoms with Crippen LogP contribution in [0.3, 0.4) is 0 Å². The van der Waals surface area contributed by atoms with Crippen molar-refractivity contribution in [2.45, 2.75) is 51.5 Å². The summed E-state index contributed by atoms with van der Waals surface area (Å²) >= 11 is 3.90. The number of thiazole rings is 1. The van der Waals surface area contributed by atoms with Gasteiger partial charge in [0, 0.05) is 4.88 Å². The second-order valence-electron chi connectivity index (χ2n) is 4.92. The fourth-order valence-corrected chi connectivity index (χ4v) is 4.14. The SMILES string of the molecule is CCCNC(CCCSC)c1nc2c(s1)CCC2. The zero-order chi connectivity index (χ0) is 12.8. The molecule has 0 saturated heterocycles. The third kappa shape index (κ3) is 3.72. The maximum atomic E-state index is 4.87. The summed E-state index contributed by atoms with van der Waals surface area (Å²) in [7, 11) is 0. The molecule has 1 heterocycles. The van der Waals surface area contributed by atoms with Gasteiger partial charge in [0.2, 0.25) is 0 Å². The van der Waals surface area contributed by atoms with Crippen molar-refractivity contribution < 1.29 is 0 Å². The highest BCUT2D eigenvalue weighted by Gasteiger charge is 2.21. The molecule has 0 saturated carbocycles. The molecule has 1 aromatic rings. The molecule has 1 aliphatic rings. The van der Waals surface area contributed by atoms with Gasteiger partial charge in [-0.3, -0.25) is 0 Å². The van der Waals surface area contributed by atoms with Crippen LogP contribution in [0, 0.1) is 0 Å².